The molecule has 0 aromatic heterocycles. The summed E-state index contributed by atoms with van der Waals surface area (Å²) in [4.78, 5) is 27.2. The first-order valence-corrected chi connectivity index (χ1v) is 6.84. The normalized spacial score (nSPS) is 12.0. The third-order valence-electron chi connectivity index (χ3n) is 2.71. The molecule has 1 atom stereocenters. The van der Waals surface area contributed by atoms with E-state index in [1.807, 2.05) is 49.7 Å². The van der Waals surface area contributed by atoms with E-state index in [2.05, 4.69) is 0 Å². The predicted octanol–water partition coefficient (Wildman–Crippen LogP) is 2.39. The fraction of sp³-hybridized carbons (Fsp3) is 0.467. The Labute approximate surface area is 124 Å². The second-order valence-electron chi connectivity index (χ2n) is 5.05. The van der Waals surface area contributed by atoms with E-state index in [0.717, 1.165) is 5.56 Å². The second kappa shape index (κ2) is 8.97. The van der Waals surface area contributed by atoms with Crippen LogP contribution < -0.4 is 5.48 Å². The Morgan fingerprint density at radius 2 is 1.90 bits per heavy atom. The van der Waals surface area contributed by atoms with Gasteiger partial charge in [-0.2, -0.15) is 5.48 Å². The Balaban J connectivity index is 2.25. The van der Waals surface area contributed by atoms with Crippen molar-refractivity contribution in [3.63, 3.8) is 0 Å². The number of ether oxygens (including phenoxy) is 1. The highest BCUT2D eigenvalue weighted by atomic mass is 16.7. The van der Waals surface area contributed by atoms with Crippen LogP contribution in [-0.4, -0.2) is 29.9 Å². The smallest absolute Gasteiger partial charge is 0.431 e. The van der Waals surface area contributed by atoms with Crippen molar-refractivity contribution < 1.29 is 24.3 Å². The summed E-state index contributed by atoms with van der Waals surface area (Å²) in [5.74, 6) is -0.977. The number of carbonyl (C=O) groups excluding carboxylic acids is 1. The van der Waals surface area contributed by atoms with Crippen molar-refractivity contribution in [3.8, 4) is 0 Å². The zero-order valence-electron chi connectivity index (χ0n) is 12.2. The third kappa shape index (κ3) is 7.31. The SMILES string of the molecule is CC(C)C[C@@H](ONC(=O)OCCc1ccccc1)C(=O)O. The first-order valence-electron chi connectivity index (χ1n) is 6.84. The minimum atomic E-state index is -1.12. The monoisotopic (exact) mass is 295 g/mol. The number of hydrogen-bond donors (Lipinski definition) is 2. The summed E-state index contributed by atoms with van der Waals surface area (Å²) in [5, 5.41) is 8.94. The first-order chi connectivity index (χ1) is 9.99. The van der Waals surface area contributed by atoms with E-state index in [-0.39, 0.29) is 12.5 Å². The van der Waals surface area contributed by atoms with E-state index in [4.69, 9.17) is 14.7 Å². The summed E-state index contributed by atoms with van der Waals surface area (Å²) in [6.45, 7) is 3.94. The summed E-state index contributed by atoms with van der Waals surface area (Å²) >= 11 is 0. The third-order valence-corrected chi connectivity index (χ3v) is 2.71. The molecule has 1 aromatic rings. The molecule has 1 aromatic carbocycles. The molecule has 0 aliphatic rings. The number of hydroxylamine groups is 1. The number of benzene rings is 1. The Morgan fingerprint density at radius 3 is 2.48 bits per heavy atom. The zero-order valence-corrected chi connectivity index (χ0v) is 12.2. The van der Waals surface area contributed by atoms with Crippen molar-refractivity contribution in [3.05, 3.63) is 35.9 Å². The van der Waals surface area contributed by atoms with Crippen LogP contribution in [0.1, 0.15) is 25.8 Å². The van der Waals surface area contributed by atoms with Gasteiger partial charge in [-0.15, -0.1) is 0 Å². The average Bonchev–Trinajstić information content (AvgIpc) is 2.44. The largest absolute Gasteiger partial charge is 0.479 e. The van der Waals surface area contributed by atoms with Crippen LogP contribution in [-0.2, 0) is 20.8 Å². The maximum absolute atomic E-state index is 11.4. The van der Waals surface area contributed by atoms with E-state index in [1.165, 1.54) is 0 Å². The van der Waals surface area contributed by atoms with Gasteiger partial charge in [0.1, 0.15) is 0 Å². The molecule has 21 heavy (non-hydrogen) atoms. The van der Waals surface area contributed by atoms with Crippen molar-refractivity contribution in [1.82, 2.24) is 5.48 Å². The summed E-state index contributed by atoms with van der Waals surface area (Å²) in [7, 11) is 0. The topological polar surface area (TPSA) is 84.9 Å². The van der Waals surface area contributed by atoms with Crippen LogP contribution in [0.25, 0.3) is 0 Å². The molecule has 0 saturated heterocycles. The summed E-state index contributed by atoms with van der Waals surface area (Å²) in [6.07, 6.45) is -0.977. The molecule has 2 N–H and O–H groups in total. The number of amides is 1. The number of aliphatic carboxylic acids is 1. The fourth-order valence-electron chi connectivity index (χ4n) is 1.68. The van der Waals surface area contributed by atoms with Gasteiger partial charge in [-0.1, -0.05) is 44.2 Å². The van der Waals surface area contributed by atoms with Crippen molar-refractivity contribution in [2.45, 2.75) is 32.8 Å². The van der Waals surface area contributed by atoms with Crippen LogP contribution in [0.2, 0.25) is 0 Å². The molecule has 0 unspecified atom stereocenters. The highest BCUT2D eigenvalue weighted by Gasteiger charge is 2.21. The van der Waals surface area contributed by atoms with Crippen LogP contribution >= 0.6 is 0 Å². The lowest BCUT2D eigenvalue weighted by Gasteiger charge is -2.15. The predicted molar refractivity (Wildman–Crippen MR) is 76.6 cm³/mol. The molecule has 6 heteroatoms. The van der Waals surface area contributed by atoms with E-state index < -0.39 is 18.2 Å². The van der Waals surface area contributed by atoms with Gasteiger partial charge in [-0.3, -0.25) is 4.84 Å². The fourth-order valence-corrected chi connectivity index (χ4v) is 1.68. The minimum Gasteiger partial charge on any atom is -0.479 e. The molecule has 6 nitrogen and oxygen atoms in total. The Morgan fingerprint density at radius 1 is 1.24 bits per heavy atom. The van der Waals surface area contributed by atoms with Crippen molar-refractivity contribution in [1.29, 1.82) is 0 Å². The number of hydrogen-bond acceptors (Lipinski definition) is 4. The number of carbonyl (C=O) groups is 2. The highest BCUT2D eigenvalue weighted by molar-refractivity contribution is 5.73. The van der Waals surface area contributed by atoms with Crippen molar-refractivity contribution in [2.75, 3.05) is 6.61 Å². The Bertz CT molecular complexity index is 447. The molecule has 116 valence electrons. The van der Waals surface area contributed by atoms with Gasteiger partial charge >= 0.3 is 12.1 Å². The number of carboxylic acid groups (broad SMARTS) is 1. The summed E-state index contributed by atoms with van der Waals surface area (Å²) in [6, 6.07) is 9.58. The molecule has 0 fully saturated rings. The van der Waals surface area contributed by atoms with Gasteiger partial charge in [0, 0.05) is 6.42 Å². The van der Waals surface area contributed by atoms with Crippen LogP contribution in [0.3, 0.4) is 0 Å². The van der Waals surface area contributed by atoms with E-state index in [0.29, 0.717) is 12.8 Å². The van der Waals surface area contributed by atoms with Gasteiger partial charge in [0.25, 0.3) is 0 Å². The first kappa shape index (κ1) is 17.0. The van der Waals surface area contributed by atoms with Crippen molar-refractivity contribution >= 4 is 12.1 Å². The minimum absolute atomic E-state index is 0.141. The Hall–Kier alpha value is -2.08. The van der Waals surface area contributed by atoms with Gasteiger partial charge in [0.15, 0.2) is 6.10 Å². The molecule has 0 spiro atoms. The van der Waals surface area contributed by atoms with Gasteiger partial charge < -0.3 is 9.84 Å². The molecule has 0 aliphatic heterocycles. The molecular weight excluding hydrogens is 274 g/mol. The van der Waals surface area contributed by atoms with Crippen LogP contribution in [0.5, 0.6) is 0 Å². The average molecular weight is 295 g/mol. The van der Waals surface area contributed by atoms with Gasteiger partial charge in [0.05, 0.1) is 6.61 Å². The van der Waals surface area contributed by atoms with Crippen molar-refractivity contribution in [2.24, 2.45) is 5.92 Å². The van der Waals surface area contributed by atoms with Gasteiger partial charge in [0.2, 0.25) is 0 Å². The summed E-state index contributed by atoms with van der Waals surface area (Å²) < 4.78 is 4.91. The van der Waals surface area contributed by atoms with Gasteiger partial charge in [-0.05, 0) is 17.9 Å². The second-order valence-corrected chi connectivity index (χ2v) is 5.05. The number of carboxylic acids is 1. The summed E-state index contributed by atoms with van der Waals surface area (Å²) in [5.41, 5.74) is 3.06. The molecule has 0 aliphatic carbocycles. The van der Waals surface area contributed by atoms with Crippen LogP contribution in [0.4, 0.5) is 4.79 Å². The van der Waals surface area contributed by atoms with Crippen LogP contribution in [0.15, 0.2) is 30.3 Å². The van der Waals surface area contributed by atoms with E-state index in [9.17, 15) is 9.59 Å². The van der Waals surface area contributed by atoms with E-state index >= 15 is 0 Å². The molecule has 0 saturated carbocycles. The molecule has 0 bridgehead atoms. The number of nitrogens with one attached hydrogen (secondary N) is 1. The standard InChI is InChI=1S/C15H21NO5/c1-11(2)10-13(14(17)18)21-16-15(19)20-9-8-12-6-4-3-5-7-12/h3-7,11,13H,8-10H2,1-2H3,(H,16,19)(H,17,18)/t13-/m1/s1. The maximum Gasteiger partial charge on any atom is 0.431 e. The molecular formula is C15H21NO5. The van der Waals surface area contributed by atoms with Gasteiger partial charge in [-0.25, -0.2) is 9.59 Å². The molecule has 1 amide bonds. The molecule has 0 heterocycles. The lowest BCUT2D eigenvalue weighted by Crippen LogP contribution is -2.35. The lowest BCUT2D eigenvalue weighted by molar-refractivity contribution is -0.155. The maximum atomic E-state index is 11.4. The van der Waals surface area contributed by atoms with Crippen LogP contribution in [0, 0.1) is 5.92 Å². The number of rotatable bonds is 8. The lowest BCUT2D eigenvalue weighted by atomic mass is 10.1. The zero-order chi connectivity index (χ0) is 15.7. The Kier molecular flexibility index (Phi) is 7.25. The highest BCUT2D eigenvalue weighted by Crippen LogP contribution is 2.07. The van der Waals surface area contributed by atoms with E-state index in [1.54, 1.807) is 0 Å². The molecule has 0 radical (unpaired) electrons. The molecule has 1 rings (SSSR count). The quantitative estimate of drug-likeness (QED) is 0.719.